The van der Waals surface area contributed by atoms with Crippen molar-refractivity contribution in [2.24, 2.45) is 0 Å². The highest BCUT2D eigenvalue weighted by atomic mass is 16.2. The molecule has 2 heterocycles. The van der Waals surface area contributed by atoms with Crippen LogP contribution in [0.1, 0.15) is 54.6 Å². The minimum atomic E-state index is -0.160. The van der Waals surface area contributed by atoms with E-state index in [1.807, 2.05) is 35.2 Å². The largest absolute Gasteiger partial charge is 0.348 e. The Hall–Kier alpha value is -2.90. The zero-order valence-electron chi connectivity index (χ0n) is 16.6. The molecule has 29 heavy (non-hydrogen) atoms. The molecule has 2 N–H and O–H groups in total. The predicted molar refractivity (Wildman–Crippen MR) is 108 cm³/mol. The fourth-order valence-electron chi connectivity index (χ4n) is 4.21. The molecule has 2 fully saturated rings. The number of nitrogens with zero attached hydrogens (tertiary/aromatic N) is 4. The van der Waals surface area contributed by atoms with Gasteiger partial charge in [0.25, 0.3) is 5.91 Å². The van der Waals surface area contributed by atoms with Crippen molar-refractivity contribution >= 4 is 11.9 Å². The van der Waals surface area contributed by atoms with Gasteiger partial charge in [0.2, 0.25) is 0 Å². The maximum atomic E-state index is 12.6. The van der Waals surface area contributed by atoms with Crippen molar-refractivity contribution in [3.63, 3.8) is 0 Å². The molecule has 1 aliphatic heterocycles. The SMILES string of the molecule is O=C(NC1CCCC1)c1cn(C[C@@H]2CCCN2C(=O)NCc2ccccc2)nn1. The van der Waals surface area contributed by atoms with E-state index in [9.17, 15) is 9.59 Å². The topological polar surface area (TPSA) is 92.2 Å². The van der Waals surface area contributed by atoms with E-state index >= 15 is 0 Å². The number of rotatable bonds is 6. The van der Waals surface area contributed by atoms with Crippen LogP contribution in [0.5, 0.6) is 0 Å². The number of nitrogens with one attached hydrogen (secondary N) is 2. The highest BCUT2D eigenvalue weighted by Gasteiger charge is 2.29. The van der Waals surface area contributed by atoms with E-state index in [0.717, 1.165) is 37.8 Å². The maximum Gasteiger partial charge on any atom is 0.317 e. The summed E-state index contributed by atoms with van der Waals surface area (Å²) in [7, 11) is 0. The summed E-state index contributed by atoms with van der Waals surface area (Å²) in [5, 5.41) is 14.2. The lowest BCUT2D eigenvalue weighted by Gasteiger charge is -2.24. The molecule has 8 nitrogen and oxygen atoms in total. The standard InChI is InChI=1S/C21H28N6O2/c28-20(23-17-9-4-5-10-17)19-15-26(25-24-19)14-18-11-6-12-27(18)21(29)22-13-16-7-2-1-3-8-16/h1-3,7-8,15,17-18H,4-6,9-14H2,(H,22,29)(H,23,28)/t18-/m0/s1. The Morgan fingerprint density at radius 3 is 2.66 bits per heavy atom. The van der Waals surface area contributed by atoms with Gasteiger partial charge in [-0.2, -0.15) is 0 Å². The molecule has 0 unspecified atom stereocenters. The molecule has 1 aliphatic carbocycles. The van der Waals surface area contributed by atoms with Gasteiger partial charge in [0, 0.05) is 19.1 Å². The van der Waals surface area contributed by atoms with Crippen LogP contribution < -0.4 is 10.6 Å². The number of hydrogen-bond acceptors (Lipinski definition) is 4. The normalized spacial score (nSPS) is 19.4. The second-order valence-electron chi connectivity index (χ2n) is 7.91. The first-order valence-corrected chi connectivity index (χ1v) is 10.5. The van der Waals surface area contributed by atoms with Crippen molar-refractivity contribution in [2.45, 2.75) is 63.7 Å². The molecule has 0 radical (unpaired) electrons. The summed E-state index contributed by atoms with van der Waals surface area (Å²) >= 11 is 0. The van der Waals surface area contributed by atoms with Crippen LogP contribution in [0.2, 0.25) is 0 Å². The molecule has 0 spiro atoms. The lowest BCUT2D eigenvalue weighted by atomic mass is 10.2. The van der Waals surface area contributed by atoms with Crippen LogP contribution in [0, 0.1) is 0 Å². The van der Waals surface area contributed by atoms with Crippen molar-refractivity contribution < 1.29 is 9.59 Å². The summed E-state index contributed by atoms with van der Waals surface area (Å²) in [6.07, 6.45) is 7.98. The molecule has 1 atom stereocenters. The third-order valence-electron chi connectivity index (χ3n) is 5.78. The minimum absolute atomic E-state index is 0.0539. The highest BCUT2D eigenvalue weighted by molar-refractivity contribution is 5.92. The Labute approximate surface area is 170 Å². The number of hydrogen-bond donors (Lipinski definition) is 2. The smallest absolute Gasteiger partial charge is 0.317 e. The summed E-state index contributed by atoms with van der Waals surface area (Å²) in [5.74, 6) is -0.160. The number of carbonyl (C=O) groups is 2. The minimum Gasteiger partial charge on any atom is -0.348 e. The molecule has 4 rings (SSSR count). The molecular weight excluding hydrogens is 368 g/mol. The zero-order chi connectivity index (χ0) is 20.1. The summed E-state index contributed by atoms with van der Waals surface area (Å²) in [4.78, 5) is 26.8. The first-order chi connectivity index (χ1) is 14.2. The van der Waals surface area contributed by atoms with Gasteiger partial charge >= 0.3 is 6.03 Å². The van der Waals surface area contributed by atoms with Gasteiger partial charge in [0.15, 0.2) is 5.69 Å². The second kappa shape index (κ2) is 9.07. The number of urea groups is 1. The lowest BCUT2D eigenvalue weighted by Crippen LogP contribution is -2.44. The number of aromatic nitrogens is 3. The van der Waals surface area contributed by atoms with Crippen molar-refractivity contribution in [3.05, 3.63) is 47.8 Å². The lowest BCUT2D eigenvalue weighted by molar-refractivity contribution is 0.0932. The molecule has 0 bridgehead atoms. The van der Waals surface area contributed by atoms with E-state index in [-0.39, 0.29) is 24.0 Å². The van der Waals surface area contributed by atoms with E-state index in [1.54, 1.807) is 10.9 Å². The average molecular weight is 396 g/mol. The van der Waals surface area contributed by atoms with Crippen LogP contribution >= 0.6 is 0 Å². The van der Waals surface area contributed by atoms with Gasteiger partial charge in [-0.3, -0.25) is 4.79 Å². The van der Waals surface area contributed by atoms with Crippen molar-refractivity contribution in [1.29, 1.82) is 0 Å². The first kappa shape index (κ1) is 19.4. The molecule has 1 aromatic heterocycles. The number of benzene rings is 1. The maximum absolute atomic E-state index is 12.6. The molecule has 3 amide bonds. The van der Waals surface area contributed by atoms with Crippen LogP contribution in [-0.2, 0) is 13.1 Å². The number of amides is 3. The fraction of sp³-hybridized carbons (Fsp3) is 0.524. The Morgan fingerprint density at radius 1 is 1.07 bits per heavy atom. The van der Waals surface area contributed by atoms with E-state index in [1.165, 1.54) is 12.8 Å². The predicted octanol–water partition coefficient (Wildman–Crippen LogP) is 2.32. The van der Waals surface area contributed by atoms with Crippen LogP contribution in [0.25, 0.3) is 0 Å². The summed E-state index contributed by atoms with van der Waals surface area (Å²) < 4.78 is 1.68. The average Bonchev–Trinajstić information content (AvgIpc) is 3.49. The molecule has 8 heteroatoms. The Balaban J connectivity index is 1.30. The van der Waals surface area contributed by atoms with Gasteiger partial charge in [-0.25, -0.2) is 9.48 Å². The van der Waals surface area contributed by atoms with E-state index in [0.29, 0.717) is 18.8 Å². The molecular formula is C21H28N6O2. The molecule has 1 saturated carbocycles. The third kappa shape index (κ3) is 4.93. The summed E-state index contributed by atoms with van der Waals surface area (Å²) in [5.41, 5.74) is 1.42. The van der Waals surface area contributed by atoms with Crippen LogP contribution in [-0.4, -0.2) is 50.5 Å². The van der Waals surface area contributed by atoms with Gasteiger partial charge in [0.1, 0.15) is 0 Å². The van der Waals surface area contributed by atoms with Crippen molar-refractivity contribution in [2.75, 3.05) is 6.54 Å². The fourth-order valence-corrected chi connectivity index (χ4v) is 4.21. The van der Waals surface area contributed by atoms with Crippen molar-refractivity contribution in [1.82, 2.24) is 30.5 Å². The van der Waals surface area contributed by atoms with Gasteiger partial charge < -0.3 is 15.5 Å². The molecule has 154 valence electrons. The summed E-state index contributed by atoms with van der Waals surface area (Å²) in [6, 6.07) is 10.1. The van der Waals surface area contributed by atoms with E-state index in [2.05, 4.69) is 20.9 Å². The third-order valence-corrected chi connectivity index (χ3v) is 5.78. The summed E-state index contributed by atoms with van der Waals surface area (Å²) in [6.45, 7) is 1.79. The van der Waals surface area contributed by atoms with Gasteiger partial charge in [-0.1, -0.05) is 48.4 Å². The van der Waals surface area contributed by atoms with Gasteiger partial charge in [-0.15, -0.1) is 5.10 Å². The molecule has 2 aliphatic rings. The monoisotopic (exact) mass is 396 g/mol. The molecule has 1 saturated heterocycles. The quantitative estimate of drug-likeness (QED) is 0.784. The Kier molecular flexibility index (Phi) is 6.07. The molecule has 2 aromatic rings. The zero-order valence-corrected chi connectivity index (χ0v) is 16.6. The number of likely N-dealkylation sites (tertiary alicyclic amines) is 1. The van der Waals surface area contributed by atoms with E-state index < -0.39 is 0 Å². The van der Waals surface area contributed by atoms with Crippen molar-refractivity contribution in [3.8, 4) is 0 Å². The molecule has 1 aromatic carbocycles. The van der Waals surface area contributed by atoms with Gasteiger partial charge in [-0.05, 0) is 31.2 Å². The van der Waals surface area contributed by atoms with Gasteiger partial charge in [0.05, 0.1) is 18.8 Å². The van der Waals surface area contributed by atoms with Crippen LogP contribution in [0.4, 0.5) is 4.79 Å². The van der Waals surface area contributed by atoms with Crippen LogP contribution in [0.15, 0.2) is 36.5 Å². The highest BCUT2D eigenvalue weighted by Crippen LogP contribution is 2.20. The van der Waals surface area contributed by atoms with Crippen LogP contribution in [0.3, 0.4) is 0 Å². The second-order valence-corrected chi connectivity index (χ2v) is 7.91. The Morgan fingerprint density at radius 2 is 1.86 bits per heavy atom. The first-order valence-electron chi connectivity index (χ1n) is 10.5. The Bertz CT molecular complexity index is 831. The number of carbonyl (C=O) groups excluding carboxylic acids is 2. The van der Waals surface area contributed by atoms with E-state index in [4.69, 9.17) is 0 Å².